The van der Waals surface area contributed by atoms with E-state index in [4.69, 9.17) is 0 Å². The van der Waals surface area contributed by atoms with Crippen LogP contribution in [0.4, 0.5) is 5.69 Å². The third-order valence-electron chi connectivity index (χ3n) is 4.51. The fraction of sp³-hybridized carbons (Fsp3) is 0.389. The van der Waals surface area contributed by atoms with E-state index in [0.717, 1.165) is 28.2 Å². The Labute approximate surface area is 149 Å². The number of piperazine rings is 1. The van der Waals surface area contributed by atoms with Crippen molar-refractivity contribution in [3.8, 4) is 0 Å². The van der Waals surface area contributed by atoms with E-state index in [1.54, 1.807) is 10.4 Å². The minimum Gasteiger partial charge on any atom is -0.366 e. The molecular weight excluding hydrogens is 336 g/mol. The van der Waals surface area contributed by atoms with Crippen LogP contribution in [0.1, 0.15) is 22.5 Å². The van der Waals surface area contributed by atoms with E-state index < -0.39 is 10.0 Å². The van der Waals surface area contributed by atoms with Crippen molar-refractivity contribution in [3.63, 3.8) is 0 Å². The molecule has 1 aromatic carbocycles. The fourth-order valence-corrected chi connectivity index (χ4v) is 4.28. The summed E-state index contributed by atoms with van der Waals surface area (Å²) in [5, 5.41) is 8.51. The van der Waals surface area contributed by atoms with Crippen LogP contribution in [-0.2, 0) is 10.0 Å². The summed E-state index contributed by atoms with van der Waals surface area (Å²) in [6, 6.07) is 7.79. The molecule has 0 saturated carbocycles. The van der Waals surface area contributed by atoms with Crippen molar-refractivity contribution in [1.29, 1.82) is 0 Å². The van der Waals surface area contributed by atoms with Crippen LogP contribution < -0.4 is 4.90 Å². The molecule has 0 spiro atoms. The SMILES string of the molecule is Cc1ccc(/C=C/S(=O)(=O)N2CCN(c3c(C)n[nH]c3C)CC2)cc1. The maximum Gasteiger partial charge on any atom is 0.236 e. The van der Waals surface area contributed by atoms with Crippen molar-refractivity contribution >= 4 is 21.8 Å². The van der Waals surface area contributed by atoms with E-state index in [0.29, 0.717) is 26.2 Å². The molecule has 1 N–H and O–H groups in total. The summed E-state index contributed by atoms with van der Waals surface area (Å²) in [4.78, 5) is 2.20. The molecule has 2 aromatic rings. The van der Waals surface area contributed by atoms with Crippen LogP contribution in [0.2, 0.25) is 0 Å². The lowest BCUT2D eigenvalue weighted by atomic mass is 10.2. The van der Waals surface area contributed by atoms with Crippen LogP contribution in [0.15, 0.2) is 29.7 Å². The van der Waals surface area contributed by atoms with Crippen LogP contribution in [0.3, 0.4) is 0 Å². The summed E-state index contributed by atoms with van der Waals surface area (Å²) in [5.74, 6) is 0. The number of H-pyrrole nitrogens is 1. The first-order chi connectivity index (χ1) is 11.9. The first-order valence-corrected chi connectivity index (χ1v) is 9.88. The van der Waals surface area contributed by atoms with Gasteiger partial charge in [-0.1, -0.05) is 29.8 Å². The zero-order valence-electron chi connectivity index (χ0n) is 14.9. The summed E-state index contributed by atoms with van der Waals surface area (Å²) < 4.78 is 26.7. The molecule has 0 unspecified atom stereocenters. The second kappa shape index (κ2) is 7.01. The Hall–Kier alpha value is -2.12. The zero-order chi connectivity index (χ0) is 18.0. The fourth-order valence-electron chi connectivity index (χ4n) is 3.11. The first kappa shape index (κ1) is 17.7. The number of nitrogens with zero attached hydrogens (tertiary/aromatic N) is 3. The molecule has 1 aliphatic rings. The molecule has 0 amide bonds. The Balaban J connectivity index is 1.66. The van der Waals surface area contributed by atoms with E-state index in [1.807, 2.05) is 45.0 Å². The topological polar surface area (TPSA) is 69.3 Å². The van der Waals surface area contributed by atoms with Crippen molar-refractivity contribution in [2.75, 3.05) is 31.1 Å². The van der Waals surface area contributed by atoms with Gasteiger partial charge in [0, 0.05) is 31.6 Å². The highest BCUT2D eigenvalue weighted by molar-refractivity contribution is 7.92. The lowest BCUT2D eigenvalue weighted by Gasteiger charge is -2.34. The number of aromatic amines is 1. The number of anilines is 1. The quantitative estimate of drug-likeness (QED) is 0.909. The Morgan fingerprint density at radius 1 is 1.04 bits per heavy atom. The van der Waals surface area contributed by atoms with Gasteiger partial charge in [0.05, 0.1) is 17.1 Å². The Kier molecular flexibility index (Phi) is 4.96. The van der Waals surface area contributed by atoms with Crippen molar-refractivity contribution in [3.05, 3.63) is 52.2 Å². The molecule has 1 fully saturated rings. The molecule has 1 saturated heterocycles. The molecule has 0 atom stereocenters. The second-order valence-corrected chi connectivity index (χ2v) is 8.25. The van der Waals surface area contributed by atoms with Crippen molar-refractivity contribution < 1.29 is 8.42 Å². The molecule has 3 rings (SSSR count). The minimum absolute atomic E-state index is 0.477. The van der Waals surface area contributed by atoms with Gasteiger partial charge in [-0.3, -0.25) is 5.10 Å². The molecule has 6 nitrogen and oxygen atoms in total. The largest absolute Gasteiger partial charge is 0.366 e. The van der Waals surface area contributed by atoms with E-state index in [2.05, 4.69) is 15.1 Å². The number of aromatic nitrogens is 2. The zero-order valence-corrected chi connectivity index (χ0v) is 15.7. The van der Waals surface area contributed by atoms with Gasteiger partial charge in [0.2, 0.25) is 10.0 Å². The monoisotopic (exact) mass is 360 g/mol. The molecule has 0 aliphatic carbocycles. The van der Waals surface area contributed by atoms with Gasteiger partial charge in [0.1, 0.15) is 0 Å². The Morgan fingerprint density at radius 3 is 2.24 bits per heavy atom. The molecule has 134 valence electrons. The minimum atomic E-state index is -3.40. The number of sulfonamides is 1. The smallest absolute Gasteiger partial charge is 0.236 e. The van der Waals surface area contributed by atoms with E-state index in [9.17, 15) is 8.42 Å². The predicted molar refractivity (Wildman–Crippen MR) is 101 cm³/mol. The van der Waals surface area contributed by atoms with Gasteiger partial charge in [-0.25, -0.2) is 8.42 Å². The Morgan fingerprint density at radius 2 is 1.68 bits per heavy atom. The standard InChI is InChI=1S/C18H24N4O2S/c1-14-4-6-17(7-5-14)8-13-25(23,24)22-11-9-21(10-12-22)18-15(2)19-20-16(18)3/h4-8,13H,9-12H2,1-3H3,(H,19,20)/b13-8+. The first-order valence-electron chi connectivity index (χ1n) is 8.38. The van der Waals surface area contributed by atoms with Gasteiger partial charge in [-0.2, -0.15) is 9.40 Å². The highest BCUT2D eigenvalue weighted by atomic mass is 32.2. The van der Waals surface area contributed by atoms with E-state index in [1.165, 1.54) is 5.41 Å². The lowest BCUT2D eigenvalue weighted by molar-refractivity contribution is 0.389. The van der Waals surface area contributed by atoms with E-state index in [-0.39, 0.29) is 0 Å². The summed E-state index contributed by atoms with van der Waals surface area (Å²) in [5.41, 5.74) is 5.10. The van der Waals surface area contributed by atoms with Gasteiger partial charge >= 0.3 is 0 Å². The summed E-state index contributed by atoms with van der Waals surface area (Å²) in [6.45, 7) is 8.25. The number of rotatable bonds is 4. The number of benzene rings is 1. The number of nitrogens with one attached hydrogen (secondary N) is 1. The maximum absolute atomic E-state index is 12.6. The van der Waals surface area contributed by atoms with Gasteiger partial charge in [-0.05, 0) is 32.4 Å². The number of hydrogen-bond donors (Lipinski definition) is 1. The van der Waals surface area contributed by atoms with Crippen LogP contribution in [0.25, 0.3) is 6.08 Å². The van der Waals surface area contributed by atoms with Crippen molar-refractivity contribution in [1.82, 2.24) is 14.5 Å². The summed E-state index contributed by atoms with van der Waals surface area (Å²) >= 11 is 0. The van der Waals surface area contributed by atoms with Gasteiger partial charge in [-0.15, -0.1) is 0 Å². The average molecular weight is 360 g/mol. The second-order valence-electron chi connectivity index (χ2n) is 6.43. The van der Waals surface area contributed by atoms with Crippen molar-refractivity contribution in [2.45, 2.75) is 20.8 Å². The van der Waals surface area contributed by atoms with Gasteiger partial charge < -0.3 is 4.90 Å². The van der Waals surface area contributed by atoms with Gasteiger partial charge in [0.25, 0.3) is 0 Å². The number of aryl methyl sites for hydroxylation is 3. The summed E-state index contributed by atoms with van der Waals surface area (Å²) in [6.07, 6.45) is 1.66. The van der Waals surface area contributed by atoms with E-state index >= 15 is 0 Å². The number of hydrogen-bond acceptors (Lipinski definition) is 4. The molecule has 25 heavy (non-hydrogen) atoms. The molecule has 1 aromatic heterocycles. The van der Waals surface area contributed by atoms with Crippen LogP contribution >= 0.6 is 0 Å². The van der Waals surface area contributed by atoms with Crippen LogP contribution in [0.5, 0.6) is 0 Å². The highest BCUT2D eigenvalue weighted by Gasteiger charge is 2.27. The molecule has 7 heteroatoms. The van der Waals surface area contributed by atoms with Crippen LogP contribution in [-0.4, -0.2) is 49.1 Å². The normalized spacial score (nSPS) is 16.7. The molecule has 1 aliphatic heterocycles. The third-order valence-corrected chi connectivity index (χ3v) is 6.08. The molecule has 0 bridgehead atoms. The molecular formula is C18H24N4O2S. The lowest BCUT2D eigenvalue weighted by Crippen LogP contribution is -2.48. The third kappa shape index (κ3) is 3.93. The Bertz CT molecular complexity index is 841. The highest BCUT2D eigenvalue weighted by Crippen LogP contribution is 2.24. The average Bonchev–Trinajstić information content (AvgIpc) is 2.93. The predicted octanol–water partition coefficient (Wildman–Crippen LogP) is 2.46. The summed E-state index contributed by atoms with van der Waals surface area (Å²) in [7, 11) is -3.40. The molecule has 0 radical (unpaired) electrons. The molecule has 2 heterocycles. The maximum atomic E-state index is 12.6. The van der Waals surface area contributed by atoms with Crippen molar-refractivity contribution in [2.24, 2.45) is 0 Å². The van der Waals surface area contributed by atoms with Gasteiger partial charge in [0.15, 0.2) is 0 Å². The van der Waals surface area contributed by atoms with Crippen LogP contribution in [0, 0.1) is 20.8 Å².